The van der Waals surface area contributed by atoms with Crippen LogP contribution in [0.1, 0.15) is 36.5 Å². The highest BCUT2D eigenvalue weighted by molar-refractivity contribution is 6.10. The standard InChI is InChI=1S/C27H27F7N4O3/c1-25(8-9-25)23(39)37(2)11-10-36-15-16(14-35)20-12-17(26(29,30)31)13-21(27(32,33)34)22(20)41-24(40)38(3)19-6-4-18(28)5-7-19/h4-7,12-15,35-36H,8-11H2,1-3H3/b16-15+,35-14?. The summed E-state index contributed by atoms with van der Waals surface area (Å²) < 4.78 is 101. The second-order valence-electron chi connectivity index (χ2n) is 9.78. The van der Waals surface area contributed by atoms with Crippen LogP contribution in [0.15, 0.2) is 42.6 Å². The summed E-state index contributed by atoms with van der Waals surface area (Å²) in [6.45, 7) is 2.04. The van der Waals surface area contributed by atoms with Gasteiger partial charge in [-0.1, -0.05) is 6.92 Å². The summed E-state index contributed by atoms with van der Waals surface area (Å²) >= 11 is 0. The van der Waals surface area contributed by atoms with Crippen LogP contribution >= 0.6 is 0 Å². The van der Waals surface area contributed by atoms with E-state index in [9.17, 15) is 40.3 Å². The molecule has 0 bridgehead atoms. The summed E-state index contributed by atoms with van der Waals surface area (Å²) in [5.41, 5.74) is -5.26. The number of alkyl halides is 6. The molecule has 0 atom stereocenters. The van der Waals surface area contributed by atoms with Crippen molar-refractivity contribution in [3.05, 3.63) is 65.1 Å². The van der Waals surface area contributed by atoms with Gasteiger partial charge in [0.15, 0.2) is 5.75 Å². The number of anilines is 1. The average Bonchev–Trinajstić information content (AvgIpc) is 3.65. The summed E-state index contributed by atoms with van der Waals surface area (Å²) in [5, 5.41) is 10.4. The first-order valence-electron chi connectivity index (χ1n) is 12.2. The second kappa shape index (κ2) is 11.8. The molecule has 0 aliphatic heterocycles. The van der Waals surface area contributed by atoms with E-state index in [4.69, 9.17) is 10.1 Å². The van der Waals surface area contributed by atoms with Gasteiger partial charge in [0.25, 0.3) is 0 Å². The maximum absolute atomic E-state index is 14.0. The molecule has 7 nitrogen and oxygen atoms in total. The zero-order valence-electron chi connectivity index (χ0n) is 22.2. The van der Waals surface area contributed by atoms with Crippen LogP contribution in [0.5, 0.6) is 5.75 Å². The number of nitrogens with zero attached hydrogens (tertiary/aromatic N) is 2. The SMILES string of the molecule is CN(CCN/C=C(\C=N)c1cc(C(F)(F)F)cc(C(F)(F)F)c1OC(=O)N(C)c1ccc(F)cc1)C(=O)C1(C)CC1. The Kier molecular flexibility index (Phi) is 9.04. The van der Waals surface area contributed by atoms with Crippen molar-refractivity contribution in [2.24, 2.45) is 5.41 Å². The number of nitrogens with one attached hydrogen (secondary N) is 2. The van der Waals surface area contributed by atoms with E-state index in [1.807, 2.05) is 6.92 Å². The average molecular weight is 589 g/mol. The third kappa shape index (κ3) is 7.55. The first-order valence-corrected chi connectivity index (χ1v) is 12.2. The van der Waals surface area contributed by atoms with Gasteiger partial charge in [-0.2, -0.15) is 26.3 Å². The van der Waals surface area contributed by atoms with Gasteiger partial charge in [0.05, 0.1) is 11.1 Å². The van der Waals surface area contributed by atoms with Crippen LogP contribution in [-0.4, -0.2) is 50.3 Å². The highest BCUT2D eigenvalue weighted by Crippen LogP contribution is 2.46. The van der Waals surface area contributed by atoms with Crippen LogP contribution in [0.4, 0.5) is 41.2 Å². The molecule has 2 aromatic rings. The quantitative estimate of drug-likeness (QED) is 0.204. The van der Waals surface area contributed by atoms with E-state index in [1.165, 1.54) is 4.90 Å². The largest absolute Gasteiger partial charge is 0.420 e. The number of likely N-dealkylation sites (N-methyl/N-ethyl adjacent to an activating group) is 1. The molecule has 2 aromatic carbocycles. The fourth-order valence-electron chi connectivity index (χ4n) is 3.83. The Morgan fingerprint density at radius 3 is 2.17 bits per heavy atom. The number of halogens is 7. The minimum absolute atomic E-state index is 0.0293. The lowest BCUT2D eigenvalue weighted by Crippen LogP contribution is -2.36. The number of ether oxygens (including phenoxy) is 1. The Labute approximate surface area is 231 Å². The number of rotatable bonds is 9. The van der Waals surface area contributed by atoms with Crippen LogP contribution < -0.4 is 15.0 Å². The van der Waals surface area contributed by atoms with Crippen molar-refractivity contribution < 1.29 is 45.1 Å². The van der Waals surface area contributed by atoms with E-state index in [0.29, 0.717) is 12.3 Å². The number of benzene rings is 2. The molecule has 2 amide bonds. The Morgan fingerprint density at radius 2 is 1.66 bits per heavy atom. The number of hydrogen-bond donors (Lipinski definition) is 2. The van der Waals surface area contributed by atoms with E-state index in [1.54, 1.807) is 7.05 Å². The van der Waals surface area contributed by atoms with Gasteiger partial charge in [-0.3, -0.25) is 9.69 Å². The summed E-state index contributed by atoms with van der Waals surface area (Å²) in [7, 11) is 2.67. The summed E-state index contributed by atoms with van der Waals surface area (Å²) in [5.74, 6) is -2.00. The van der Waals surface area contributed by atoms with Crippen molar-refractivity contribution in [3.63, 3.8) is 0 Å². The van der Waals surface area contributed by atoms with Crippen molar-refractivity contribution in [1.29, 1.82) is 5.41 Å². The summed E-state index contributed by atoms with van der Waals surface area (Å²) in [6.07, 6.45) is -9.00. The molecule has 1 saturated carbocycles. The van der Waals surface area contributed by atoms with Crippen molar-refractivity contribution in [1.82, 2.24) is 10.2 Å². The van der Waals surface area contributed by atoms with E-state index in [-0.39, 0.29) is 30.8 Å². The van der Waals surface area contributed by atoms with Gasteiger partial charge >= 0.3 is 18.4 Å². The molecule has 1 fully saturated rings. The fourth-order valence-corrected chi connectivity index (χ4v) is 3.83. The smallest absolute Gasteiger partial charge is 0.409 e. The van der Waals surface area contributed by atoms with Gasteiger partial charge in [0.2, 0.25) is 5.91 Å². The Balaban J connectivity index is 1.99. The molecule has 0 radical (unpaired) electrons. The molecule has 1 aliphatic carbocycles. The van der Waals surface area contributed by atoms with Gasteiger partial charge < -0.3 is 20.4 Å². The molecule has 0 unspecified atom stereocenters. The maximum atomic E-state index is 14.0. The topological polar surface area (TPSA) is 85.7 Å². The van der Waals surface area contributed by atoms with E-state index in [2.05, 4.69) is 5.32 Å². The van der Waals surface area contributed by atoms with E-state index >= 15 is 0 Å². The number of amides is 2. The molecule has 2 N–H and O–H groups in total. The van der Waals surface area contributed by atoms with E-state index in [0.717, 1.165) is 55.3 Å². The number of carbonyl (C=O) groups excluding carboxylic acids is 2. The van der Waals surface area contributed by atoms with Gasteiger partial charge in [-0.05, 0) is 49.2 Å². The molecule has 0 heterocycles. The molecule has 14 heteroatoms. The van der Waals surface area contributed by atoms with Gasteiger partial charge in [-0.25, -0.2) is 9.18 Å². The lowest BCUT2D eigenvalue weighted by atomic mass is 9.98. The van der Waals surface area contributed by atoms with Crippen molar-refractivity contribution in [2.75, 3.05) is 32.1 Å². The first kappa shape index (κ1) is 31.4. The Hall–Kier alpha value is -4.10. The van der Waals surface area contributed by atoms with Crippen molar-refractivity contribution >= 4 is 29.5 Å². The molecular weight excluding hydrogens is 561 g/mol. The third-order valence-electron chi connectivity index (χ3n) is 6.58. The molecule has 0 aromatic heterocycles. The maximum Gasteiger partial charge on any atom is 0.420 e. The molecule has 3 rings (SSSR count). The Bertz CT molecular complexity index is 1330. The second-order valence-corrected chi connectivity index (χ2v) is 9.78. The predicted octanol–water partition coefficient (Wildman–Crippen LogP) is 6.34. The normalized spacial score (nSPS) is 14.7. The lowest BCUT2D eigenvalue weighted by molar-refractivity contribution is -0.143. The lowest BCUT2D eigenvalue weighted by Gasteiger charge is -2.23. The summed E-state index contributed by atoms with van der Waals surface area (Å²) in [6, 6.07) is 4.43. The first-order chi connectivity index (χ1) is 19.0. The predicted molar refractivity (Wildman–Crippen MR) is 137 cm³/mol. The molecule has 41 heavy (non-hydrogen) atoms. The van der Waals surface area contributed by atoms with E-state index < -0.39 is 57.7 Å². The molecule has 1 aliphatic rings. The molecule has 0 saturated heterocycles. The highest BCUT2D eigenvalue weighted by atomic mass is 19.4. The zero-order valence-corrected chi connectivity index (χ0v) is 22.2. The van der Waals surface area contributed by atoms with Crippen LogP contribution in [0.2, 0.25) is 0 Å². The monoisotopic (exact) mass is 588 g/mol. The zero-order chi connectivity index (χ0) is 30.8. The van der Waals surface area contributed by atoms with Crippen LogP contribution in [0.25, 0.3) is 5.57 Å². The molecule has 0 spiro atoms. The van der Waals surface area contributed by atoms with Gasteiger partial charge in [-0.15, -0.1) is 0 Å². The minimum Gasteiger partial charge on any atom is -0.409 e. The van der Waals surface area contributed by atoms with Crippen LogP contribution in [-0.2, 0) is 17.1 Å². The van der Waals surface area contributed by atoms with Crippen molar-refractivity contribution in [3.8, 4) is 5.75 Å². The third-order valence-corrected chi connectivity index (χ3v) is 6.58. The fraction of sp³-hybridized carbons (Fsp3) is 0.370. The number of allylic oxidation sites excluding steroid dienone is 1. The highest BCUT2D eigenvalue weighted by Gasteiger charge is 2.46. The number of hydrogen-bond acceptors (Lipinski definition) is 5. The van der Waals surface area contributed by atoms with Gasteiger partial charge in [0, 0.05) is 61.8 Å². The Morgan fingerprint density at radius 1 is 1.05 bits per heavy atom. The molecule has 222 valence electrons. The van der Waals surface area contributed by atoms with Crippen LogP contribution in [0.3, 0.4) is 0 Å². The molecular formula is C27H27F7N4O3. The van der Waals surface area contributed by atoms with Crippen LogP contribution in [0, 0.1) is 16.6 Å². The summed E-state index contributed by atoms with van der Waals surface area (Å²) in [4.78, 5) is 27.4. The van der Waals surface area contributed by atoms with Crippen molar-refractivity contribution in [2.45, 2.75) is 32.1 Å². The van der Waals surface area contributed by atoms with Gasteiger partial charge in [0.1, 0.15) is 5.82 Å². The number of carbonyl (C=O) groups is 2. The minimum atomic E-state index is -5.39.